The maximum Gasteiger partial charge on any atom is 0.237 e. The van der Waals surface area contributed by atoms with Gasteiger partial charge in [-0.1, -0.05) is 59.5 Å². The Balaban J connectivity index is 1.38. The molecule has 0 aliphatic carbocycles. The van der Waals surface area contributed by atoms with E-state index in [1.54, 1.807) is 0 Å². The van der Waals surface area contributed by atoms with Crippen molar-refractivity contribution in [3.63, 3.8) is 0 Å². The minimum absolute atomic E-state index is 0.115. The van der Waals surface area contributed by atoms with Gasteiger partial charge >= 0.3 is 0 Å². The minimum atomic E-state index is 0.115. The second kappa shape index (κ2) is 7.70. The lowest BCUT2D eigenvalue weighted by atomic mass is 10.1. The van der Waals surface area contributed by atoms with Gasteiger partial charge in [0.15, 0.2) is 4.34 Å². The monoisotopic (exact) mass is 396 g/mol. The smallest absolute Gasteiger partial charge is 0.237 e. The van der Waals surface area contributed by atoms with Crippen molar-refractivity contribution in [2.45, 2.75) is 24.6 Å². The first-order chi connectivity index (χ1) is 13.1. The van der Waals surface area contributed by atoms with Crippen LogP contribution < -0.4 is 10.2 Å². The van der Waals surface area contributed by atoms with E-state index in [0.717, 1.165) is 33.8 Å². The summed E-state index contributed by atoms with van der Waals surface area (Å²) in [7, 11) is 0. The SMILES string of the molecule is Cc1cccc(C)c1Nc1nnc(SCC(=O)N2CCc3ccccc32)s1. The standard InChI is InChI=1S/C20H20N4OS2/c1-13-6-5-7-14(2)18(13)21-19-22-23-20(27-19)26-12-17(25)24-11-10-15-8-3-4-9-16(15)24/h3-9H,10-12H2,1-2H3,(H,21,22). The number of para-hydroxylation sites is 2. The highest BCUT2D eigenvalue weighted by molar-refractivity contribution is 8.01. The van der Waals surface area contributed by atoms with E-state index in [4.69, 9.17) is 0 Å². The van der Waals surface area contributed by atoms with E-state index in [-0.39, 0.29) is 5.91 Å². The van der Waals surface area contributed by atoms with Crippen LogP contribution in [0.5, 0.6) is 0 Å². The van der Waals surface area contributed by atoms with E-state index < -0.39 is 0 Å². The third kappa shape index (κ3) is 3.84. The summed E-state index contributed by atoms with van der Waals surface area (Å²) in [6, 6.07) is 14.3. The number of aromatic nitrogens is 2. The van der Waals surface area contributed by atoms with Crippen molar-refractivity contribution in [1.82, 2.24) is 10.2 Å². The summed E-state index contributed by atoms with van der Waals surface area (Å²) in [5.74, 6) is 0.483. The number of anilines is 3. The number of amides is 1. The zero-order valence-corrected chi connectivity index (χ0v) is 16.9. The third-order valence-electron chi connectivity index (χ3n) is 4.63. The van der Waals surface area contributed by atoms with Gasteiger partial charge < -0.3 is 10.2 Å². The number of carbonyl (C=O) groups excluding carboxylic acids is 1. The van der Waals surface area contributed by atoms with E-state index >= 15 is 0 Å². The van der Waals surface area contributed by atoms with Gasteiger partial charge in [0, 0.05) is 17.9 Å². The van der Waals surface area contributed by atoms with Crippen molar-refractivity contribution in [2.24, 2.45) is 0 Å². The second-order valence-corrected chi connectivity index (χ2v) is 8.68. The van der Waals surface area contributed by atoms with Crippen LogP contribution in [0.25, 0.3) is 0 Å². The van der Waals surface area contributed by atoms with Crippen molar-refractivity contribution in [1.29, 1.82) is 0 Å². The number of hydrogen-bond acceptors (Lipinski definition) is 6. The fourth-order valence-electron chi connectivity index (χ4n) is 3.24. The molecule has 0 radical (unpaired) electrons. The first-order valence-electron chi connectivity index (χ1n) is 8.79. The highest BCUT2D eigenvalue weighted by Crippen LogP contribution is 2.32. The molecule has 5 nitrogen and oxygen atoms in total. The van der Waals surface area contributed by atoms with Crippen molar-refractivity contribution in [3.05, 3.63) is 59.2 Å². The Hall–Kier alpha value is -2.38. The normalized spacial score (nSPS) is 12.9. The molecule has 27 heavy (non-hydrogen) atoms. The fourth-order valence-corrected chi connectivity index (χ4v) is 4.87. The van der Waals surface area contributed by atoms with Crippen molar-refractivity contribution >= 4 is 45.5 Å². The lowest BCUT2D eigenvalue weighted by molar-refractivity contribution is -0.116. The highest BCUT2D eigenvalue weighted by Gasteiger charge is 2.24. The van der Waals surface area contributed by atoms with E-state index in [0.29, 0.717) is 5.75 Å². The van der Waals surface area contributed by atoms with Crippen LogP contribution in [0, 0.1) is 13.8 Å². The molecule has 2 aromatic carbocycles. The molecule has 3 aromatic rings. The van der Waals surface area contributed by atoms with Crippen LogP contribution in [0.3, 0.4) is 0 Å². The molecule has 1 aliphatic rings. The topological polar surface area (TPSA) is 58.1 Å². The number of benzene rings is 2. The van der Waals surface area contributed by atoms with Crippen molar-refractivity contribution < 1.29 is 4.79 Å². The first kappa shape index (κ1) is 18.0. The lowest BCUT2D eigenvalue weighted by Gasteiger charge is -2.16. The first-order valence-corrected chi connectivity index (χ1v) is 10.6. The number of aryl methyl sites for hydroxylation is 2. The molecule has 7 heteroatoms. The molecule has 0 unspecified atom stereocenters. The number of rotatable bonds is 5. The molecule has 138 valence electrons. The zero-order valence-electron chi connectivity index (χ0n) is 15.2. The quantitative estimate of drug-likeness (QED) is 0.640. The van der Waals surface area contributed by atoms with Gasteiger partial charge in [0.2, 0.25) is 11.0 Å². The van der Waals surface area contributed by atoms with Crippen LogP contribution in [-0.2, 0) is 11.2 Å². The summed E-state index contributed by atoms with van der Waals surface area (Å²) in [5.41, 5.74) is 5.68. The summed E-state index contributed by atoms with van der Waals surface area (Å²) in [4.78, 5) is 14.5. The number of nitrogens with one attached hydrogen (secondary N) is 1. The average molecular weight is 397 g/mol. The van der Waals surface area contributed by atoms with Gasteiger partial charge in [-0.3, -0.25) is 4.79 Å². The molecular weight excluding hydrogens is 376 g/mol. The van der Waals surface area contributed by atoms with Crippen molar-refractivity contribution in [3.8, 4) is 0 Å². The minimum Gasteiger partial charge on any atom is -0.330 e. The predicted octanol–water partition coefficient (Wildman–Crippen LogP) is 4.58. The van der Waals surface area contributed by atoms with E-state index in [2.05, 4.69) is 47.6 Å². The maximum atomic E-state index is 12.6. The van der Waals surface area contributed by atoms with Crippen LogP contribution in [0.4, 0.5) is 16.5 Å². The average Bonchev–Trinajstić information content (AvgIpc) is 3.30. The van der Waals surface area contributed by atoms with Gasteiger partial charge in [0.1, 0.15) is 0 Å². The van der Waals surface area contributed by atoms with E-state index in [9.17, 15) is 4.79 Å². The number of carbonyl (C=O) groups is 1. The van der Waals surface area contributed by atoms with Gasteiger partial charge in [0.05, 0.1) is 5.75 Å². The molecule has 1 aromatic heterocycles. The molecule has 0 bridgehead atoms. The maximum absolute atomic E-state index is 12.6. The fraction of sp³-hybridized carbons (Fsp3) is 0.250. The number of thioether (sulfide) groups is 1. The molecule has 0 saturated carbocycles. The molecule has 1 amide bonds. The Labute approximate surface area is 166 Å². The Morgan fingerprint density at radius 2 is 1.93 bits per heavy atom. The molecule has 1 N–H and O–H groups in total. The van der Waals surface area contributed by atoms with E-state index in [1.807, 2.05) is 29.2 Å². The molecule has 0 fully saturated rings. The van der Waals surface area contributed by atoms with Gasteiger partial charge in [-0.2, -0.15) is 0 Å². The molecule has 0 saturated heterocycles. The number of fused-ring (bicyclic) bond motifs is 1. The summed E-state index contributed by atoms with van der Waals surface area (Å²) in [6.45, 7) is 4.89. The Morgan fingerprint density at radius 1 is 1.15 bits per heavy atom. The molecular formula is C20H20N4OS2. The Morgan fingerprint density at radius 3 is 2.74 bits per heavy atom. The predicted molar refractivity (Wildman–Crippen MR) is 112 cm³/mol. The lowest BCUT2D eigenvalue weighted by Crippen LogP contribution is -2.30. The molecule has 0 spiro atoms. The third-order valence-corrected chi connectivity index (χ3v) is 6.58. The van der Waals surface area contributed by atoms with Crippen LogP contribution in [-0.4, -0.2) is 28.4 Å². The largest absolute Gasteiger partial charge is 0.330 e. The van der Waals surface area contributed by atoms with Crippen LogP contribution in [0.1, 0.15) is 16.7 Å². The number of nitrogens with zero attached hydrogens (tertiary/aromatic N) is 3. The Bertz CT molecular complexity index is 965. The van der Waals surface area contributed by atoms with Gasteiger partial charge in [-0.25, -0.2) is 0 Å². The molecule has 2 heterocycles. The van der Waals surface area contributed by atoms with Gasteiger partial charge in [0.25, 0.3) is 0 Å². The molecule has 1 aliphatic heterocycles. The van der Waals surface area contributed by atoms with Crippen LogP contribution in [0.15, 0.2) is 46.8 Å². The molecule has 0 atom stereocenters. The van der Waals surface area contributed by atoms with Crippen LogP contribution in [0.2, 0.25) is 0 Å². The highest BCUT2D eigenvalue weighted by atomic mass is 32.2. The summed E-state index contributed by atoms with van der Waals surface area (Å²) >= 11 is 2.92. The summed E-state index contributed by atoms with van der Waals surface area (Å²) < 4.78 is 0.796. The van der Waals surface area contributed by atoms with Gasteiger partial charge in [-0.05, 0) is 43.0 Å². The van der Waals surface area contributed by atoms with E-state index in [1.165, 1.54) is 39.8 Å². The van der Waals surface area contributed by atoms with Gasteiger partial charge in [-0.15, -0.1) is 10.2 Å². The number of hydrogen-bond donors (Lipinski definition) is 1. The van der Waals surface area contributed by atoms with Crippen molar-refractivity contribution in [2.75, 3.05) is 22.5 Å². The summed E-state index contributed by atoms with van der Waals surface area (Å²) in [6.07, 6.45) is 0.926. The molecule has 4 rings (SSSR count). The summed E-state index contributed by atoms with van der Waals surface area (Å²) in [5, 5.41) is 12.5. The second-order valence-electron chi connectivity index (χ2n) is 6.48. The Kier molecular flexibility index (Phi) is 5.13. The van der Waals surface area contributed by atoms with Crippen LogP contribution >= 0.6 is 23.1 Å². The zero-order chi connectivity index (χ0) is 18.8.